The summed E-state index contributed by atoms with van der Waals surface area (Å²) in [4.78, 5) is 0. The van der Waals surface area contributed by atoms with E-state index in [9.17, 15) is 5.11 Å². The Labute approximate surface area is 114 Å². The fourth-order valence-corrected chi connectivity index (χ4v) is 2.54. The van der Waals surface area contributed by atoms with E-state index in [4.69, 9.17) is 9.47 Å². The SMILES string of the molecule is COc1cccc(CNC2CCOC(C)(C)C2)c1O. The lowest BCUT2D eigenvalue weighted by molar-refractivity contribution is -0.0630. The molecule has 2 rings (SSSR count). The minimum absolute atomic E-state index is 0.0632. The molecule has 0 bridgehead atoms. The molecule has 1 aliphatic heterocycles. The highest BCUT2D eigenvalue weighted by Crippen LogP contribution is 2.30. The molecular formula is C15H23NO3. The predicted octanol–water partition coefficient (Wildman–Crippen LogP) is 2.45. The van der Waals surface area contributed by atoms with Crippen molar-refractivity contribution >= 4 is 0 Å². The molecule has 4 heteroatoms. The monoisotopic (exact) mass is 265 g/mol. The number of para-hydroxylation sites is 1. The summed E-state index contributed by atoms with van der Waals surface area (Å²) in [5.74, 6) is 0.746. The number of aromatic hydroxyl groups is 1. The molecule has 0 radical (unpaired) electrons. The van der Waals surface area contributed by atoms with Crippen LogP contribution < -0.4 is 10.1 Å². The molecule has 1 unspecified atom stereocenters. The van der Waals surface area contributed by atoms with Gasteiger partial charge in [-0.15, -0.1) is 0 Å². The van der Waals surface area contributed by atoms with Crippen LogP contribution in [0.1, 0.15) is 32.3 Å². The zero-order chi connectivity index (χ0) is 13.9. The molecule has 1 atom stereocenters. The first-order chi connectivity index (χ1) is 9.02. The average molecular weight is 265 g/mol. The average Bonchev–Trinajstić information content (AvgIpc) is 2.36. The summed E-state index contributed by atoms with van der Waals surface area (Å²) in [6.45, 7) is 5.66. The topological polar surface area (TPSA) is 50.7 Å². The van der Waals surface area contributed by atoms with Gasteiger partial charge >= 0.3 is 0 Å². The zero-order valence-corrected chi connectivity index (χ0v) is 11.9. The Hall–Kier alpha value is -1.26. The van der Waals surface area contributed by atoms with E-state index in [-0.39, 0.29) is 11.4 Å². The molecule has 1 heterocycles. The Kier molecular flexibility index (Phi) is 4.32. The second-order valence-electron chi connectivity index (χ2n) is 5.65. The Bertz CT molecular complexity index is 431. The highest BCUT2D eigenvalue weighted by Gasteiger charge is 2.28. The summed E-state index contributed by atoms with van der Waals surface area (Å²) in [5.41, 5.74) is 0.801. The summed E-state index contributed by atoms with van der Waals surface area (Å²) in [7, 11) is 1.56. The van der Waals surface area contributed by atoms with Crippen molar-refractivity contribution < 1.29 is 14.6 Å². The fourth-order valence-electron chi connectivity index (χ4n) is 2.54. The van der Waals surface area contributed by atoms with E-state index in [0.717, 1.165) is 25.0 Å². The summed E-state index contributed by atoms with van der Waals surface area (Å²) >= 11 is 0. The maximum Gasteiger partial charge on any atom is 0.162 e. The van der Waals surface area contributed by atoms with Crippen molar-refractivity contribution in [3.05, 3.63) is 23.8 Å². The Morgan fingerprint density at radius 2 is 2.26 bits per heavy atom. The van der Waals surface area contributed by atoms with Gasteiger partial charge in [0.15, 0.2) is 11.5 Å². The van der Waals surface area contributed by atoms with Gasteiger partial charge in [0.05, 0.1) is 12.7 Å². The molecule has 4 nitrogen and oxygen atoms in total. The van der Waals surface area contributed by atoms with Crippen molar-refractivity contribution in [3.63, 3.8) is 0 Å². The third-order valence-corrected chi connectivity index (χ3v) is 3.58. The number of hydrogen-bond donors (Lipinski definition) is 2. The number of phenols is 1. The molecule has 106 valence electrons. The second kappa shape index (κ2) is 5.80. The molecule has 0 spiro atoms. The van der Waals surface area contributed by atoms with Crippen molar-refractivity contribution in [1.82, 2.24) is 5.32 Å². The summed E-state index contributed by atoms with van der Waals surface area (Å²) < 4.78 is 10.8. The molecule has 0 amide bonds. The minimum atomic E-state index is -0.0632. The van der Waals surface area contributed by atoms with Crippen LogP contribution in [-0.2, 0) is 11.3 Å². The molecule has 1 fully saturated rings. The van der Waals surface area contributed by atoms with E-state index in [1.165, 1.54) is 0 Å². The van der Waals surface area contributed by atoms with Crippen molar-refractivity contribution in [2.45, 2.75) is 44.9 Å². The van der Waals surface area contributed by atoms with Gasteiger partial charge in [0.25, 0.3) is 0 Å². The van der Waals surface area contributed by atoms with Gasteiger partial charge in [-0.05, 0) is 32.8 Å². The van der Waals surface area contributed by atoms with E-state index in [0.29, 0.717) is 18.3 Å². The summed E-state index contributed by atoms with van der Waals surface area (Å²) in [6.07, 6.45) is 1.99. The number of ether oxygens (including phenoxy) is 2. The van der Waals surface area contributed by atoms with Gasteiger partial charge in [0.1, 0.15) is 0 Å². The Balaban J connectivity index is 1.95. The van der Waals surface area contributed by atoms with Crippen LogP contribution >= 0.6 is 0 Å². The molecule has 1 aromatic carbocycles. The van der Waals surface area contributed by atoms with Crippen LogP contribution in [0.2, 0.25) is 0 Å². The van der Waals surface area contributed by atoms with Crippen LogP contribution in [0.5, 0.6) is 11.5 Å². The molecule has 1 aliphatic rings. The first-order valence-electron chi connectivity index (χ1n) is 6.74. The number of benzene rings is 1. The van der Waals surface area contributed by atoms with E-state index in [2.05, 4.69) is 19.2 Å². The highest BCUT2D eigenvalue weighted by atomic mass is 16.5. The van der Waals surface area contributed by atoms with Gasteiger partial charge in [0.2, 0.25) is 0 Å². The van der Waals surface area contributed by atoms with Crippen molar-refractivity contribution in [3.8, 4) is 11.5 Å². The van der Waals surface area contributed by atoms with E-state index < -0.39 is 0 Å². The lowest BCUT2D eigenvalue weighted by atomic mass is 9.94. The largest absolute Gasteiger partial charge is 0.504 e. The molecule has 0 aromatic heterocycles. The van der Waals surface area contributed by atoms with Gasteiger partial charge in [0, 0.05) is 24.8 Å². The molecule has 1 aromatic rings. The van der Waals surface area contributed by atoms with Gasteiger partial charge in [-0.3, -0.25) is 0 Å². The smallest absolute Gasteiger partial charge is 0.162 e. The molecule has 0 aliphatic carbocycles. The quantitative estimate of drug-likeness (QED) is 0.878. The van der Waals surface area contributed by atoms with Gasteiger partial charge in [-0.2, -0.15) is 0 Å². The number of rotatable bonds is 4. The standard InChI is InChI=1S/C15H23NO3/c1-15(2)9-12(7-8-19-15)16-10-11-5-4-6-13(18-3)14(11)17/h4-6,12,16-17H,7-10H2,1-3H3. The van der Waals surface area contributed by atoms with Gasteiger partial charge in [-0.1, -0.05) is 12.1 Å². The Morgan fingerprint density at radius 1 is 1.47 bits per heavy atom. The second-order valence-corrected chi connectivity index (χ2v) is 5.65. The van der Waals surface area contributed by atoms with Gasteiger partial charge in [-0.25, -0.2) is 0 Å². The number of nitrogens with one attached hydrogen (secondary N) is 1. The fraction of sp³-hybridized carbons (Fsp3) is 0.600. The Morgan fingerprint density at radius 3 is 2.95 bits per heavy atom. The highest BCUT2D eigenvalue weighted by molar-refractivity contribution is 5.45. The first kappa shape index (κ1) is 14.2. The molecular weight excluding hydrogens is 242 g/mol. The molecule has 19 heavy (non-hydrogen) atoms. The summed E-state index contributed by atoms with van der Waals surface area (Å²) in [5, 5.41) is 13.5. The van der Waals surface area contributed by atoms with Crippen LogP contribution in [0.3, 0.4) is 0 Å². The van der Waals surface area contributed by atoms with E-state index in [1.807, 2.05) is 12.1 Å². The summed E-state index contributed by atoms with van der Waals surface area (Å²) in [6, 6.07) is 5.99. The van der Waals surface area contributed by atoms with E-state index in [1.54, 1.807) is 13.2 Å². The minimum Gasteiger partial charge on any atom is -0.504 e. The third-order valence-electron chi connectivity index (χ3n) is 3.58. The normalized spacial score (nSPS) is 22.2. The lowest BCUT2D eigenvalue weighted by Crippen LogP contribution is -2.43. The number of phenolic OH excluding ortho intramolecular Hbond substituents is 1. The third kappa shape index (κ3) is 3.61. The van der Waals surface area contributed by atoms with Gasteiger partial charge < -0.3 is 19.9 Å². The van der Waals surface area contributed by atoms with Crippen LogP contribution in [0.15, 0.2) is 18.2 Å². The van der Waals surface area contributed by atoms with Crippen LogP contribution in [0.25, 0.3) is 0 Å². The maximum absolute atomic E-state index is 10.0. The van der Waals surface area contributed by atoms with Crippen LogP contribution in [0.4, 0.5) is 0 Å². The predicted molar refractivity (Wildman–Crippen MR) is 74.6 cm³/mol. The van der Waals surface area contributed by atoms with E-state index >= 15 is 0 Å². The number of hydrogen-bond acceptors (Lipinski definition) is 4. The maximum atomic E-state index is 10.0. The van der Waals surface area contributed by atoms with Crippen LogP contribution in [-0.4, -0.2) is 30.5 Å². The molecule has 2 N–H and O–H groups in total. The zero-order valence-electron chi connectivity index (χ0n) is 11.9. The van der Waals surface area contributed by atoms with Crippen molar-refractivity contribution in [1.29, 1.82) is 0 Å². The molecule has 0 saturated carbocycles. The van der Waals surface area contributed by atoms with Crippen molar-refractivity contribution in [2.75, 3.05) is 13.7 Å². The van der Waals surface area contributed by atoms with Crippen LogP contribution in [0, 0.1) is 0 Å². The van der Waals surface area contributed by atoms with Crippen molar-refractivity contribution in [2.24, 2.45) is 0 Å². The molecule has 1 saturated heterocycles. The lowest BCUT2D eigenvalue weighted by Gasteiger charge is -2.36. The number of methoxy groups -OCH3 is 1. The first-order valence-corrected chi connectivity index (χ1v) is 6.74.